The maximum Gasteiger partial charge on any atom is 0.333 e. The predicted molar refractivity (Wildman–Crippen MR) is 75.1 cm³/mol. The Morgan fingerprint density at radius 1 is 1.29 bits per heavy atom. The zero-order valence-corrected chi connectivity index (χ0v) is 11.8. The van der Waals surface area contributed by atoms with E-state index < -0.39 is 17.1 Å². The molecule has 1 fully saturated rings. The van der Waals surface area contributed by atoms with Gasteiger partial charge in [0, 0.05) is 6.04 Å². The number of H-pyrrole nitrogens is 2. The van der Waals surface area contributed by atoms with Crippen molar-refractivity contribution in [1.29, 1.82) is 0 Å². The molecule has 21 heavy (non-hydrogen) atoms. The van der Waals surface area contributed by atoms with Crippen LogP contribution in [0.4, 0.5) is 0 Å². The van der Waals surface area contributed by atoms with Crippen LogP contribution in [0.15, 0.2) is 19.4 Å². The second-order valence-electron chi connectivity index (χ2n) is 5.34. The van der Waals surface area contributed by atoms with Crippen molar-refractivity contribution < 1.29 is 4.79 Å². The minimum Gasteiger partial charge on any atom is -0.259 e. The highest BCUT2D eigenvalue weighted by Gasteiger charge is 2.30. The number of isocyanates is 1. The van der Waals surface area contributed by atoms with Crippen molar-refractivity contribution in [2.75, 3.05) is 0 Å². The molecule has 0 radical (unpaired) electrons. The highest BCUT2D eigenvalue weighted by atomic mass is 16.2. The smallest absolute Gasteiger partial charge is 0.259 e. The van der Waals surface area contributed by atoms with E-state index in [1.807, 2.05) is 6.92 Å². The Hall–Kier alpha value is -2.21. The Balaban J connectivity index is 2.30. The molecule has 3 unspecified atom stereocenters. The Labute approximate surface area is 119 Å². The highest BCUT2D eigenvalue weighted by molar-refractivity contribution is 5.33. The van der Waals surface area contributed by atoms with Gasteiger partial charge in [0.25, 0.3) is 0 Å². The third kappa shape index (κ3) is 3.28. The van der Waals surface area contributed by atoms with E-state index in [0.29, 0.717) is 19.3 Å². The maximum absolute atomic E-state index is 11.8. The molecule has 0 aromatic carbocycles. The van der Waals surface area contributed by atoms with Crippen LogP contribution in [0.3, 0.4) is 0 Å². The van der Waals surface area contributed by atoms with Crippen LogP contribution in [0, 0.1) is 5.92 Å². The Kier molecular flexibility index (Phi) is 4.70. The largest absolute Gasteiger partial charge is 0.333 e. The minimum atomic E-state index is -0.800. The van der Waals surface area contributed by atoms with Gasteiger partial charge in [0.1, 0.15) is 0 Å². The lowest BCUT2D eigenvalue weighted by atomic mass is 9.80. The van der Waals surface area contributed by atoms with E-state index in [2.05, 4.69) is 15.0 Å². The van der Waals surface area contributed by atoms with Gasteiger partial charge in [-0.15, -0.1) is 0 Å². The van der Waals surface area contributed by atoms with Crippen molar-refractivity contribution in [1.82, 2.24) is 14.5 Å². The van der Waals surface area contributed by atoms with Crippen molar-refractivity contribution in [3.63, 3.8) is 0 Å². The average molecular weight is 294 g/mol. The summed E-state index contributed by atoms with van der Waals surface area (Å²) in [5.41, 5.74) is -2.19. The molecule has 0 amide bonds. The molecule has 0 aliphatic heterocycles. The number of aromatic nitrogens is 3. The van der Waals surface area contributed by atoms with E-state index in [1.165, 1.54) is 0 Å². The topological polar surface area (TPSA) is 117 Å². The van der Waals surface area contributed by atoms with Gasteiger partial charge in [0.15, 0.2) is 0 Å². The van der Waals surface area contributed by atoms with E-state index >= 15 is 0 Å². The molecule has 3 atom stereocenters. The van der Waals surface area contributed by atoms with Crippen LogP contribution in [0.2, 0.25) is 0 Å². The zero-order valence-electron chi connectivity index (χ0n) is 11.8. The first kappa shape index (κ1) is 15.2. The average Bonchev–Trinajstić information content (AvgIpc) is 2.44. The summed E-state index contributed by atoms with van der Waals surface area (Å²) in [6.07, 6.45) is 5.31. The highest BCUT2D eigenvalue weighted by Crippen LogP contribution is 2.34. The van der Waals surface area contributed by atoms with Gasteiger partial charge in [-0.05, 0) is 31.6 Å². The van der Waals surface area contributed by atoms with Crippen molar-refractivity contribution in [2.45, 2.75) is 51.1 Å². The number of carbonyl (C=O) groups excluding carboxylic acids is 1. The molecule has 1 aromatic rings. The number of rotatable bonds is 4. The van der Waals surface area contributed by atoms with Gasteiger partial charge >= 0.3 is 17.1 Å². The quantitative estimate of drug-likeness (QED) is 0.603. The lowest BCUT2D eigenvalue weighted by molar-refractivity contribution is 0.223. The summed E-state index contributed by atoms with van der Waals surface area (Å²) < 4.78 is 1.06. The lowest BCUT2D eigenvalue weighted by Gasteiger charge is -2.32. The third-order valence-corrected chi connectivity index (χ3v) is 4.11. The van der Waals surface area contributed by atoms with Gasteiger partial charge in [-0.1, -0.05) is 13.3 Å². The molecule has 2 N–H and O–H groups in total. The summed E-state index contributed by atoms with van der Waals surface area (Å²) in [5.74, 6) is 0.133. The van der Waals surface area contributed by atoms with Crippen LogP contribution in [-0.2, 0) is 4.79 Å². The SMILES string of the molecule is CCC(N=C=O)C1CCCC(n2c(=O)[nH]c(=O)[nH]c2=O)C1. The van der Waals surface area contributed by atoms with Gasteiger partial charge in [-0.3, -0.25) is 9.97 Å². The number of aliphatic imine (C=N–C) groups is 1. The fraction of sp³-hybridized carbons (Fsp3) is 0.692. The van der Waals surface area contributed by atoms with Gasteiger partial charge < -0.3 is 0 Å². The van der Waals surface area contributed by atoms with Crippen LogP contribution >= 0.6 is 0 Å². The molecule has 114 valence electrons. The molecule has 0 spiro atoms. The molecule has 8 heteroatoms. The van der Waals surface area contributed by atoms with E-state index in [1.54, 1.807) is 6.08 Å². The molecule has 2 rings (SSSR count). The molecule has 8 nitrogen and oxygen atoms in total. The van der Waals surface area contributed by atoms with Crippen molar-refractivity contribution >= 4 is 6.08 Å². The monoisotopic (exact) mass is 294 g/mol. The minimum absolute atomic E-state index is 0.133. The molecule has 1 aliphatic rings. The zero-order chi connectivity index (χ0) is 15.4. The first-order valence-electron chi connectivity index (χ1n) is 7.09. The number of hydrogen-bond donors (Lipinski definition) is 2. The molecule has 1 aliphatic carbocycles. The standard InChI is InChI=1S/C13H18N4O4/c1-2-10(14-7-18)8-4-3-5-9(6-8)17-12(20)15-11(19)16-13(17)21/h8-10H,2-6H2,1H3,(H2,15,16,19,20,21). The third-order valence-electron chi connectivity index (χ3n) is 4.11. The van der Waals surface area contributed by atoms with Gasteiger partial charge in [0.2, 0.25) is 6.08 Å². The second-order valence-corrected chi connectivity index (χ2v) is 5.34. The van der Waals surface area contributed by atoms with Crippen LogP contribution in [0.5, 0.6) is 0 Å². The molecular formula is C13H18N4O4. The first-order chi connectivity index (χ1) is 10.1. The Morgan fingerprint density at radius 3 is 2.52 bits per heavy atom. The first-order valence-corrected chi connectivity index (χ1v) is 7.09. The van der Waals surface area contributed by atoms with Crippen LogP contribution in [-0.4, -0.2) is 26.7 Å². The van der Waals surface area contributed by atoms with E-state index in [0.717, 1.165) is 17.4 Å². The predicted octanol–water partition coefficient (Wildman–Crippen LogP) is 0.0706. The number of hydrogen-bond acceptors (Lipinski definition) is 5. The van der Waals surface area contributed by atoms with Crippen LogP contribution in [0.25, 0.3) is 0 Å². The summed E-state index contributed by atoms with van der Waals surface area (Å²) in [5, 5.41) is 0. The van der Waals surface area contributed by atoms with E-state index in [-0.39, 0.29) is 18.0 Å². The van der Waals surface area contributed by atoms with E-state index in [4.69, 9.17) is 0 Å². The number of nitrogens with one attached hydrogen (secondary N) is 2. The van der Waals surface area contributed by atoms with Gasteiger partial charge in [-0.2, -0.15) is 0 Å². The van der Waals surface area contributed by atoms with Crippen molar-refractivity contribution in [2.24, 2.45) is 10.9 Å². The van der Waals surface area contributed by atoms with E-state index in [9.17, 15) is 19.2 Å². The van der Waals surface area contributed by atoms with Gasteiger partial charge in [0.05, 0.1) is 6.04 Å². The molecule has 1 heterocycles. The summed E-state index contributed by atoms with van der Waals surface area (Å²) in [4.78, 5) is 53.2. The fourth-order valence-electron chi connectivity index (χ4n) is 3.15. The molecule has 1 aromatic heterocycles. The van der Waals surface area contributed by atoms with Crippen molar-refractivity contribution in [3.05, 3.63) is 31.5 Å². The summed E-state index contributed by atoms with van der Waals surface area (Å²) in [6, 6.07) is -0.421. The maximum atomic E-state index is 11.8. The Bertz CT molecular complexity index is 676. The van der Waals surface area contributed by atoms with Crippen LogP contribution in [0.1, 0.15) is 45.1 Å². The molecule has 0 bridgehead atoms. The molecule has 0 saturated heterocycles. The fourth-order valence-corrected chi connectivity index (χ4v) is 3.15. The number of aromatic amines is 2. The lowest BCUT2D eigenvalue weighted by Crippen LogP contribution is -2.46. The molecule has 1 saturated carbocycles. The van der Waals surface area contributed by atoms with Gasteiger partial charge in [-0.25, -0.2) is 28.7 Å². The molecular weight excluding hydrogens is 276 g/mol. The normalized spacial score (nSPS) is 23.3. The van der Waals surface area contributed by atoms with Crippen LogP contribution < -0.4 is 17.1 Å². The number of nitrogens with zero attached hydrogens (tertiary/aromatic N) is 2. The van der Waals surface area contributed by atoms with Crippen molar-refractivity contribution in [3.8, 4) is 0 Å². The Morgan fingerprint density at radius 2 is 1.95 bits per heavy atom. The second kappa shape index (κ2) is 6.49. The summed E-state index contributed by atoms with van der Waals surface area (Å²) in [7, 11) is 0. The summed E-state index contributed by atoms with van der Waals surface area (Å²) in [6.45, 7) is 1.94. The summed E-state index contributed by atoms with van der Waals surface area (Å²) >= 11 is 0.